The van der Waals surface area contributed by atoms with Gasteiger partial charge in [0.15, 0.2) is 5.69 Å². The van der Waals surface area contributed by atoms with Crippen molar-refractivity contribution in [2.75, 3.05) is 0 Å². The van der Waals surface area contributed by atoms with Gasteiger partial charge < -0.3 is 4.98 Å². The molecule has 106 valence electrons. The van der Waals surface area contributed by atoms with E-state index in [0.29, 0.717) is 0 Å². The van der Waals surface area contributed by atoms with Gasteiger partial charge in [-0.25, -0.2) is 0 Å². The van der Waals surface area contributed by atoms with E-state index >= 15 is 0 Å². The normalized spacial score (nSPS) is 11.6. The number of aryl methyl sites for hydroxylation is 3. The van der Waals surface area contributed by atoms with Gasteiger partial charge >= 0.3 is 0 Å². The zero-order valence-electron chi connectivity index (χ0n) is 13.1. The highest BCUT2D eigenvalue weighted by Gasteiger charge is 2.08. The van der Waals surface area contributed by atoms with Crippen molar-refractivity contribution in [2.45, 2.75) is 20.8 Å². The molecule has 21 heavy (non-hydrogen) atoms. The summed E-state index contributed by atoms with van der Waals surface area (Å²) in [6.45, 7) is 6.39. The Balaban J connectivity index is 2.09. The molecule has 3 rings (SSSR count). The number of rotatable bonds is 2. The molecule has 2 aromatic heterocycles. The van der Waals surface area contributed by atoms with Gasteiger partial charge in [0.05, 0.1) is 0 Å². The largest absolute Gasteiger partial charge is 0.358 e. The van der Waals surface area contributed by atoms with Gasteiger partial charge in [0.25, 0.3) is 0 Å². The zero-order valence-corrected chi connectivity index (χ0v) is 13.1. The summed E-state index contributed by atoms with van der Waals surface area (Å²) < 4.78 is 2.20. The van der Waals surface area contributed by atoms with Crippen LogP contribution in [0.3, 0.4) is 0 Å². The Kier molecular flexibility index (Phi) is 3.38. The molecular formula is C19H21N2+. The van der Waals surface area contributed by atoms with E-state index in [9.17, 15) is 0 Å². The predicted octanol–water partition coefficient (Wildman–Crippen LogP) is 4.09. The van der Waals surface area contributed by atoms with Crippen LogP contribution in [0.4, 0.5) is 0 Å². The molecule has 0 saturated heterocycles. The number of aromatic nitrogens is 2. The van der Waals surface area contributed by atoms with E-state index in [4.69, 9.17) is 0 Å². The van der Waals surface area contributed by atoms with Gasteiger partial charge in [-0.05, 0) is 38.1 Å². The molecular weight excluding hydrogens is 256 g/mol. The van der Waals surface area contributed by atoms with Gasteiger partial charge in [-0.3, -0.25) is 0 Å². The van der Waals surface area contributed by atoms with Crippen LogP contribution in [-0.2, 0) is 7.05 Å². The second-order valence-corrected chi connectivity index (χ2v) is 5.70. The van der Waals surface area contributed by atoms with Crippen molar-refractivity contribution in [3.63, 3.8) is 0 Å². The number of hydrogen-bond acceptors (Lipinski definition) is 0. The molecule has 0 radical (unpaired) electrons. The second kappa shape index (κ2) is 5.21. The number of nitrogens with one attached hydrogen (secondary N) is 1. The number of nitrogens with zero attached hydrogens (tertiary/aromatic N) is 1. The molecule has 3 aromatic rings. The average Bonchev–Trinajstić information content (AvgIpc) is 2.76. The van der Waals surface area contributed by atoms with Crippen LogP contribution in [0, 0.1) is 20.8 Å². The predicted molar refractivity (Wildman–Crippen MR) is 89.1 cm³/mol. The summed E-state index contributed by atoms with van der Waals surface area (Å²) in [7, 11) is 2.10. The first-order valence-electron chi connectivity index (χ1n) is 7.29. The van der Waals surface area contributed by atoms with E-state index in [1.165, 1.54) is 39.1 Å². The number of fused-ring (bicyclic) bond motifs is 1. The smallest absolute Gasteiger partial charge is 0.205 e. The highest BCUT2D eigenvalue weighted by molar-refractivity contribution is 5.93. The molecule has 0 spiro atoms. The molecule has 0 atom stereocenters. The van der Waals surface area contributed by atoms with Crippen molar-refractivity contribution in [1.82, 2.24) is 4.98 Å². The first kappa shape index (κ1) is 13.6. The Morgan fingerprint density at radius 1 is 1.00 bits per heavy atom. The third-order valence-corrected chi connectivity index (χ3v) is 4.13. The van der Waals surface area contributed by atoms with Gasteiger partial charge in [-0.1, -0.05) is 11.6 Å². The summed E-state index contributed by atoms with van der Waals surface area (Å²) in [4.78, 5) is 3.46. The average molecular weight is 277 g/mol. The van der Waals surface area contributed by atoms with Gasteiger partial charge in [0.1, 0.15) is 7.05 Å². The SMILES string of the molecule is Cc1ccc2[nH]c(C)c(/C=C/c3cccc(C)[n+]3C)c2c1. The summed E-state index contributed by atoms with van der Waals surface area (Å²) in [5, 5.41) is 1.29. The van der Waals surface area contributed by atoms with Crippen LogP contribution in [0.5, 0.6) is 0 Å². The summed E-state index contributed by atoms with van der Waals surface area (Å²) in [6.07, 6.45) is 4.40. The van der Waals surface area contributed by atoms with Crippen LogP contribution in [0.2, 0.25) is 0 Å². The minimum absolute atomic E-state index is 1.20. The molecule has 0 aliphatic rings. The highest BCUT2D eigenvalue weighted by Crippen LogP contribution is 2.25. The van der Waals surface area contributed by atoms with Crippen molar-refractivity contribution in [2.24, 2.45) is 7.05 Å². The lowest BCUT2D eigenvalue weighted by molar-refractivity contribution is -0.679. The second-order valence-electron chi connectivity index (χ2n) is 5.70. The number of hydrogen-bond donors (Lipinski definition) is 1. The minimum atomic E-state index is 1.20. The van der Waals surface area contributed by atoms with E-state index in [1.807, 2.05) is 0 Å². The lowest BCUT2D eigenvalue weighted by atomic mass is 10.1. The lowest BCUT2D eigenvalue weighted by Gasteiger charge is -1.98. The Labute approximate surface area is 125 Å². The number of benzene rings is 1. The highest BCUT2D eigenvalue weighted by atomic mass is 14.9. The molecule has 1 N–H and O–H groups in total. The van der Waals surface area contributed by atoms with Crippen molar-refractivity contribution in [3.05, 3.63) is 64.6 Å². The third-order valence-electron chi connectivity index (χ3n) is 4.13. The van der Waals surface area contributed by atoms with Crippen LogP contribution in [0.25, 0.3) is 23.1 Å². The maximum Gasteiger partial charge on any atom is 0.205 e. The molecule has 0 aliphatic heterocycles. The fraction of sp³-hybridized carbons (Fsp3) is 0.211. The van der Waals surface area contributed by atoms with Gasteiger partial charge in [-0.2, -0.15) is 4.57 Å². The molecule has 1 aromatic carbocycles. The molecule has 2 nitrogen and oxygen atoms in total. The lowest BCUT2D eigenvalue weighted by Crippen LogP contribution is -2.34. The van der Waals surface area contributed by atoms with E-state index in [2.05, 4.69) is 85.9 Å². The summed E-state index contributed by atoms with van der Waals surface area (Å²) in [6, 6.07) is 12.9. The Morgan fingerprint density at radius 3 is 2.62 bits per heavy atom. The van der Waals surface area contributed by atoms with Crippen molar-refractivity contribution >= 4 is 23.1 Å². The van der Waals surface area contributed by atoms with E-state index < -0.39 is 0 Å². The van der Waals surface area contributed by atoms with Gasteiger partial charge in [-0.15, -0.1) is 0 Å². The number of aromatic amines is 1. The molecule has 0 aliphatic carbocycles. The van der Waals surface area contributed by atoms with Gasteiger partial charge in [0, 0.05) is 47.3 Å². The summed E-state index contributed by atoms with van der Waals surface area (Å²) >= 11 is 0. The topological polar surface area (TPSA) is 19.7 Å². The zero-order chi connectivity index (χ0) is 15.0. The molecule has 0 unspecified atom stereocenters. The van der Waals surface area contributed by atoms with E-state index in [-0.39, 0.29) is 0 Å². The third kappa shape index (κ3) is 2.49. The number of pyridine rings is 1. The van der Waals surface area contributed by atoms with E-state index in [0.717, 1.165) is 0 Å². The first-order chi connectivity index (χ1) is 10.1. The fourth-order valence-electron chi connectivity index (χ4n) is 2.73. The van der Waals surface area contributed by atoms with Crippen LogP contribution < -0.4 is 4.57 Å². The Hall–Kier alpha value is -2.35. The maximum absolute atomic E-state index is 3.46. The standard InChI is InChI=1S/C19H20N2/c1-13-8-11-19-18(12-13)17(15(3)20-19)10-9-16-7-5-6-14(2)21(16)4/h5-12H,1-4H3/p+1. The fourth-order valence-corrected chi connectivity index (χ4v) is 2.73. The maximum atomic E-state index is 3.46. The molecule has 2 heterocycles. The Bertz CT molecular complexity index is 838. The van der Waals surface area contributed by atoms with Crippen molar-refractivity contribution < 1.29 is 4.57 Å². The molecule has 2 heteroatoms. The van der Waals surface area contributed by atoms with Crippen LogP contribution in [0.15, 0.2) is 36.4 Å². The minimum Gasteiger partial charge on any atom is -0.358 e. The molecule has 0 amide bonds. The van der Waals surface area contributed by atoms with E-state index in [1.54, 1.807) is 0 Å². The van der Waals surface area contributed by atoms with Crippen LogP contribution in [-0.4, -0.2) is 4.98 Å². The number of H-pyrrole nitrogens is 1. The molecule has 0 saturated carbocycles. The quantitative estimate of drug-likeness (QED) is 0.681. The van der Waals surface area contributed by atoms with Crippen molar-refractivity contribution in [3.8, 4) is 0 Å². The van der Waals surface area contributed by atoms with Crippen LogP contribution >= 0.6 is 0 Å². The van der Waals surface area contributed by atoms with Crippen LogP contribution in [0.1, 0.15) is 28.2 Å². The molecule has 0 bridgehead atoms. The monoisotopic (exact) mass is 277 g/mol. The van der Waals surface area contributed by atoms with Gasteiger partial charge in [0.2, 0.25) is 5.69 Å². The van der Waals surface area contributed by atoms with Crippen molar-refractivity contribution in [1.29, 1.82) is 0 Å². The Morgan fingerprint density at radius 2 is 1.81 bits per heavy atom. The molecule has 0 fully saturated rings. The summed E-state index contributed by atoms with van der Waals surface area (Å²) in [5.41, 5.74) is 7.43. The summed E-state index contributed by atoms with van der Waals surface area (Å²) in [5.74, 6) is 0. The first-order valence-corrected chi connectivity index (χ1v) is 7.29.